The van der Waals surface area contributed by atoms with Crippen molar-refractivity contribution in [1.82, 2.24) is 0 Å². The molecule has 1 nitrogen and oxygen atoms in total. The predicted octanol–water partition coefficient (Wildman–Crippen LogP) is 7.38. The summed E-state index contributed by atoms with van der Waals surface area (Å²) in [5, 5.41) is 0. The molecule has 0 spiro atoms. The molecule has 0 bridgehead atoms. The summed E-state index contributed by atoms with van der Waals surface area (Å²) in [5.74, 6) is 4.91. The molecule has 1 heteroatoms. The van der Waals surface area contributed by atoms with Gasteiger partial charge in [-0.05, 0) is 98.8 Å². The van der Waals surface area contributed by atoms with E-state index in [0.29, 0.717) is 10.8 Å². The summed E-state index contributed by atoms with van der Waals surface area (Å²) in [5.41, 5.74) is 7.29. The maximum absolute atomic E-state index is 4.72. The largest absolute Gasteiger partial charge is 0.333 e. The second-order valence-electron chi connectivity index (χ2n) is 10.1. The molecule has 4 aliphatic carbocycles. The Kier molecular flexibility index (Phi) is 7.82. The van der Waals surface area contributed by atoms with Crippen molar-refractivity contribution in [2.75, 3.05) is 7.05 Å². The minimum absolute atomic E-state index is 0.481. The molecule has 0 amide bonds. The van der Waals surface area contributed by atoms with E-state index in [1.807, 2.05) is 0 Å². The maximum atomic E-state index is 4.72. The number of allylic oxidation sites excluding steroid dienone is 1. The third-order valence-electron chi connectivity index (χ3n) is 9.49. The van der Waals surface area contributed by atoms with E-state index in [9.17, 15) is 0 Å². The molecule has 4 fully saturated rings. The van der Waals surface area contributed by atoms with Crippen LogP contribution in [0.4, 0.5) is 0 Å². The zero-order chi connectivity index (χ0) is 20.2. The van der Waals surface area contributed by atoms with Crippen LogP contribution >= 0.6 is 0 Å². The van der Waals surface area contributed by atoms with Crippen molar-refractivity contribution in [2.45, 2.75) is 91.4 Å². The number of nitrogens with two attached hydrogens (primary N) is 1. The zero-order valence-electron chi connectivity index (χ0n) is 18.9. The second kappa shape index (κ2) is 9.29. The quantitative estimate of drug-likeness (QED) is 0.502. The number of fused-ring (bicyclic) bond motifs is 5. The second-order valence-corrected chi connectivity index (χ2v) is 10.1. The van der Waals surface area contributed by atoms with Crippen LogP contribution in [0.2, 0.25) is 0 Å². The number of hydrogen-bond donors (Lipinski definition) is 1. The average Bonchev–Trinajstić information content (AvgIpc) is 3.04. The molecule has 0 radical (unpaired) electrons. The highest BCUT2D eigenvalue weighted by atomic mass is 14.6. The van der Waals surface area contributed by atoms with Crippen molar-refractivity contribution < 1.29 is 0 Å². The normalized spacial score (nSPS) is 45.2. The fraction of sp³-hybridized carbons (Fsp3) is 0.846. The highest BCUT2D eigenvalue weighted by Gasteiger charge is 2.60. The fourth-order valence-electron chi connectivity index (χ4n) is 8.11. The highest BCUT2D eigenvalue weighted by Crippen LogP contribution is 2.69. The summed E-state index contributed by atoms with van der Waals surface area (Å²) < 4.78 is 0. The first kappa shape index (κ1) is 22.7. The first-order chi connectivity index (χ1) is 13.0. The molecular formula is C26H47N. The van der Waals surface area contributed by atoms with E-state index in [-0.39, 0.29) is 0 Å². The SMILES string of the molecule is C=C.C=C1CC2C(CCC3CCCCC32C)C2CCC(CCC)C12C.CN. The number of rotatable bonds is 2. The van der Waals surface area contributed by atoms with Gasteiger partial charge < -0.3 is 5.73 Å². The number of hydrogen-bond acceptors (Lipinski definition) is 1. The van der Waals surface area contributed by atoms with Crippen LogP contribution in [0.15, 0.2) is 25.3 Å². The van der Waals surface area contributed by atoms with Gasteiger partial charge in [0.05, 0.1) is 0 Å². The molecule has 156 valence electrons. The molecule has 27 heavy (non-hydrogen) atoms. The first-order valence-corrected chi connectivity index (χ1v) is 11.8. The van der Waals surface area contributed by atoms with E-state index >= 15 is 0 Å². The molecule has 0 saturated heterocycles. The highest BCUT2D eigenvalue weighted by molar-refractivity contribution is 5.24. The van der Waals surface area contributed by atoms with Gasteiger partial charge in [0.25, 0.3) is 0 Å². The Bertz CT molecular complexity index is 496. The van der Waals surface area contributed by atoms with Crippen LogP contribution in [0.5, 0.6) is 0 Å². The smallest absolute Gasteiger partial charge is 0.00597 e. The summed E-state index contributed by atoms with van der Waals surface area (Å²) >= 11 is 0. The third-order valence-corrected chi connectivity index (χ3v) is 9.49. The topological polar surface area (TPSA) is 26.0 Å². The van der Waals surface area contributed by atoms with Crippen LogP contribution in [0.1, 0.15) is 91.4 Å². The van der Waals surface area contributed by atoms with Gasteiger partial charge in [-0.15, -0.1) is 13.2 Å². The van der Waals surface area contributed by atoms with E-state index in [1.54, 1.807) is 5.57 Å². The molecule has 4 rings (SSSR count). The summed E-state index contributed by atoms with van der Waals surface area (Å²) in [6.45, 7) is 18.4. The Morgan fingerprint density at radius 3 is 2.33 bits per heavy atom. The molecular weight excluding hydrogens is 326 g/mol. The summed E-state index contributed by atoms with van der Waals surface area (Å²) in [7, 11) is 1.50. The minimum Gasteiger partial charge on any atom is -0.333 e. The minimum atomic E-state index is 0.481. The van der Waals surface area contributed by atoms with Crippen LogP contribution in [0.3, 0.4) is 0 Å². The molecule has 0 aromatic rings. The van der Waals surface area contributed by atoms with Gasteiger partial charge in [-0.1, -0.05) is 52.2 Å². The van der Waals surface area contributed by atoms with Crippen LogP contribution in [0.25, 0.3) is 0 Å². The van der Waals surface area contributed by atoms with E-state index in [4.69, 9.17) is 6.58 Å². The fourth-order valence-corrected chi connectivity index (χ4v) is 8.11. The molecule has 0 aliphatic heterocycles. The average molecular weight is 374 g/mol. The van der Waals surface area contributed by atoms with Gasteiger partial charge in [-0.2, -0.15) is 0 Å². The van der Waals surface area contributed by atoms with Gasteiger partial charge in [-0.3, -0.25) is 0 Å². The maximum Gasteiger partial charge on any atom is -0.00597 e. The van der Waals surface area contributed by atoms with Crippen molar-refractivity contribution in [3.05, 3.63) is 25.3 Å². The van der Waals surface area contributed by atoms with Gasteiger partial charge in [0, 0.05) is 0 Å². The van der Waals surface area contributed by atoms with Crippen LogP contribution in [0, 0.1) is 40.4 Å². The van der Waals surface area contributed by atoms with E-state index in [2.05, 4.69) is 39.7 Å². The van der Waals surface area contributed by atoms with E-state index < -0.39 is 0 Å². The standard InChI is InChI=1S/C23H38.C2H4.CH5N/c1-5-8-18-11-13-20-19-12-10-17-9-6-7-14-22(17,3)21(19)15-16(2)23(18,20)4;2*1-2/h17-21H,2,5-15H2,1,3-4H3;1-2H2;2H2,1H3. The van der Waals surface area contributed by atoms with Gasteiger partial charge in [-0.25, -0.2) is 0 Å². The molecule has 2 N–H and O–H groups in total. The molecule has 0 heterocycles. The lowest BCUT2D eigenvalue weighted by atomic mass is 9.44. The Balaban J connectivity index is 0.000000614. The van der Waals surface area contributed by atoms with E-state index in [1.165, 1.54) is 77.7 Å². The lowest BCUT2D eigenvalue weighted by molar-refractivity contribution is -0.0885. The first-order valence-electron chi connectivity index (χ1n) is 11.8. The molecule has 4 saturated carbocycles. The Labute approximate surface area is 170 Å². The van der Waals surface area contributed by atoms with Crippen LogP contribution in [-0.4, -0.2) is 7.05 Å². The van der Waals surface area contributed by atoms with Crippen molar-refractivity contribution >= 4 is 0 Å². The third kappa shape index (κ3) is 3.59. The molecule has 7 atom stereocenters. The lowest BCUT2D eigenvalue weighted by Gasteiger charge is -2.61. The Morgan fingerprint density at radius 1 is 0.963 bits per heavy atom. The van der Waals surface area contributed by atoms with E-state index in [0.717, 1.165) is 29.6 Å². The van der Waals surface area contributed by atoms with Gasteiger partial charge in [0.2, 0.25) is 0 Å². The monoisotopic (exact) mass is 373 g/mol. The van der Waals surface area contributed by atoms with Crippen molar-refractivity contribution in [3.63, 3.8) is 0 Å². The van der Waals surface area contributed by atoms with Crippen LogP contribution < -0.4 is 5.73 Å². The Hall–Kier alpha value is -0.560. The molecule has 0 aromatic heterocycles. The van der Waals surface area contributed by atoms with Gasteiger partial charge in [0.15, 0.2) is 0 Å². The summed E-state index contributed by atoms with van der Waals surface area (Å²) in [6, 6.07) is 0. The van der Waals surface area contributed by atoms with Crippen LogP contribution in [-0.2, 0) is 0 Å². The lowest BCUT2D eigenvalue weighted by Crippen LogP contribution is -2.53. The van der Waals surface area contributed by atoms with Gasteiger partial charge in [0.1, 0.15) is 0 Å². The van der Waals surface area contributed by atoms with Crippen molar-refractivity contribution in [2.24, 2.45) is 46.2 Å². The summed E-state index contributed by atoms with van der Waals surface area (Å²) in [4.78, 5) is 0. The molecule has 7 unspecified atom stereocenters. The zero-order valence-corrected chi connectivity index (χ0v) is 18.9. The Morgan fingerprint density at radius 2 is 1.67 bits per heavy atom. The molecule has 4 aliphatic rings. The van der Waals surface area contributed by atoms with Crippen molar-refractivity contribution in [3.8, 4) is 0 Å². The summed E-state index contributed by atoms with van der Waals surface area (Å²) in [6.07, 6.45) is 16.2. The van der Waals surface area contributed by atoms with Gasteiger partial charge >= 0.3 is 0 Å². The predicted molar refractivity (Wildman–Crippen MR) is 121 cm³/mol. The molecule has 0 aromatic carbocycles. The van der Waals surface area contributed by atoms with Crippen molar-refractivity contribution in [1.29, 1.82) is 0 Å².